The first kappa shape index (κ1) is 16.1. The van der Waals surface area contributed by atoms with E-state index in [9.17, 15) is 0 Å². The van der Waals surface area contributed by atoms with Crippen LogP contribution in [-0.4, -0.2) is 37.7 Å². The summed E-state index contributed by atoms with van der Waals surface area (Å²) in [5, 5.41) is 0. The number of rotatable bonds is 5. The number of nitrogens with zero attached hydrogens (tertiary/aromatic N) is 1. The quantitative estimate of drug-likeness (QED) is 0.688. The lowest BCUT2D eigenvalue weighted by Gasteiger charge is -2.26. The van der Waals surface area contributed by atoms with Crippen molar-refractivity contribution in [3.63, 3.8) is 0 Å². The Bertz CT molecular complexity index is 789. The maximum absolute atomic E-state index is 6.28. The smallest absolute Gasteiger partial charge is 0.138 e. The monoisotopic (exact) mass is 333 g/mol. The zero-order chi connectivity index (χ0) is 16.9. The fourth-order valence-corrected chi connectivity index (χ4v) is 3.30. The zero-order valence-corrected chi connectivity index (χ0v) is 14.4. The lowest BCUT2D eigenvalue weighted by molar-refractivity contribution is 0.0384. The van der Waals surface area contributed by atoms with Crippen LogP contribution in [0.2, 0.25) is 0 Å². The highest BCUT2D eigenvalue weighted by atomic mass is 16.5. The van der Waals surface area contributed by atoms with Gasteiger partial charge in [0.05, 0.1) is 13.2 Å². The molecule has 128 valence electrons. The number of hydrogen-bond donors (Lipinski definition) is 0. The number of hydrogen-bond acceptors (Lipinski definition) is 3. The average molecular weight is 333 g/mol. The molecule has 1 saturated heterocycles. The normalized spacial score (nSPS) is 15.4. The highest BCUT2D eigenvalue weighted by molar-refractivity contribution is 5.68. The van der Waals surface area contributed by atoms with Crippen LogP contribution in [0.25, 0.3) is 22.6 Å². The molecule has 0 saturated carbocycles. The van der Waals surface area contributed by atoms with Gasteiger partial charge in [0.15, 0.2) is 0 Å². The molecule has 0 unspecified atom stereocenters. The van der Waals surface area contributed by atoms with Gasteiger partial charge in [0, 0.05) is 36.3 Å². The minimum absolute atomic E-state index is 0.839. The summed E-state index contributed by atoms with van der Waals surface area (Å²) in [6.07, 6.45) is 0.987. The van der Waals surface area contributed by atoms with Crippen molar-refractivity contribution in [2.75, 3.05) is 32.8 Å². The molecule has 1 aliphatic heterocycles. The van der Waals surface area contributed by atoms with Crippen molar-refractivity contribution < 1.29 is 9.15 Å². The van der Waals surface area contributed by atoms with Crippen LogP contribution in [0.1, 0.15) is 5.56 Å². The van der Waals surface area contributed by atoms with Crippen molar-refractivity contribution in [1.82, 2.24) is 4.90 Å². The Labute approximate surface area is 148 Å². The maximum atomic E-state index is 6.28. The van der Waals surface area contributed by atoms with Crippen molar-refractivity contribution in [3.8, 4) is 22.6 Å². The van der Waals surface area contributed by atoms with E-state index >= 15 is 0 Å². The highest BCUT2D eigenvalue weighted by Gasteiger charge is 2.16. The molecule has 1 aliphatic rings. The minimum atomic E-state index is 0.839. The Morgan fingerprint density at radius 3 is 2.12 bits per heavy atom. The lowest BCUT2D eigenvalue weighted by Crippen LogP contribution is -2.37. The average Bonchev–Trinajstić information content (AvgIpc) is 3.13. The molecule has 0 radical (unpaired) electrons. The van der Waals surface area contributed by atoms with E-state index in [-0.39, 0.29) is 0 Å². The number of morpholine rings is 1. The van der Waals surface area contributed by atoms with Gasteiger partial charge >= 0.3 is 0 Å². The first-order chi connectivity index (χ1) is 12.4. The molecular weight excluding hydrogens is 310 g/mol. The molecule has 4 rings (SSSR count). The topological polar surface area (TPSA) is 25.6 Å². The first-order valence-electron chi connectivity index (χ1n) is 8.94. The minimum Gasteiger partial charge on any atom is -0.456 e. The Morgan fingerprint density at radius 2 is 1.44 bits per heavy atom. The van der Waals surface area contributed by atoms with E-state index in [1.54, 1.807) is 0 Å². The van der Waals surface area contributed by atoms with Crippen molar-refractivity contribution >= 4 is 0 Å². The lowest BCUT2D eigenvalue weighted by atomic mass is 10.1. The summed E-state index contributed by atoms with van der Waals surface area (Å²) < 4.78 is 11.7. The van der Waals surface area contributed by atoms with Crippen LogP contribution in [0.3, 0.4) is 0 Å². The molecule has 2 heterocycles. The van der Waals surface area contributed by atoms with Gasteiger partial charge in [-0.1, -0.05) is 60.7 Å². The zero-order valence-electron chi connectivity index (χ0n) is 14.4. The van der Waals surface area contributed by atoms with Crippen LogP contribution in [0, 0.1) is 0 Å². The molecule has 2 aromatic carbocycles. The van der Waals surface area contributed by atoms with Gasteiger partial charge < -0.3 is 9.15 Å². The van der Waals surface area contributed by atoms with E-state index in [1.165, 1.54) is 5.56 Å². The predicted molar refractivity (Wildman–Crippen MR) is 101 cm³/mol. The van der Waals surface area contributed by atoms with Crippen LogP contribution >= 0.6 is 0 Å². The molecule has 3 nitrogen and oxygen atoms in total. The van der Waals surface area contributed by atoms with Gasteiger partial charge in [0.1, 0.15) is 11.5 Å². The number of furan rings is 1. The summed E-state index contributed by atoms with van der Waals surface area (Å²) in [5.74, 6) is 1.93. The first-order valence-corrected chi connectivity index (χ1v) is 8.94. The van der Waals surface area contributed by atoms with Crippen LogP contribution in [0.5, 0.6) is 0 Å². The maximum Gasteiger partial charge on any atom is 0.138 e. The van der Waals surface area contributed by atoms with Gasteiger partial charge in [0.25, 0.3) is 0 Å². The summed E-state index contributed by atoms with van der Waals surface area (Å²) in [7, 11) is 0. The Morgan fingerprint density at radius 1 is 0.800 bits per heavy atom. The molecule has 3 aromatic rings. The SMILES string of the molecule is c1ccc(-c2cc(CCN3CCOCC3)c(-c3ccccc3)o2)cc1. The molecule has 3 heteroatoms. The van der Waals surface area contributed by atoms with E-state index in [4.69, 9.17) is 9.15 Å². The standard InChI is InChI=1S/C22H23NO2/c1-3-7-18(8-4-1)21-17-20(11-12-23-13-15-24-16-14-23)22(25-21)19-9-5-2-6-10-19/h1-10,17H,11-16H2. The van der Waals surface area contributed by atoms with Crippen molar-refractivity contribution in [1.29, 1.82) is 0 Å². The third-order valence-corrected chi connectivity index (χ3v) is 4.70. The Hall–Kier alpha value is -2.36. The third-order valence-electron chi connectivity index (χ3n) is 4.70. The summed E-state index contributed by atoms with van der Waals surface area (Å²) in [5.41, 5.74) is 3.54. The van der Waals surface area contributed by atoms with Crippen molar-refractivity contribution in [2.45, 2.75) is 6.42 Å². The second kappa shape index (κ2) is 7.68. The Balaban J connectivity index is 1.62. The van der Waals surface area contributed by atoms with E-state index in [0.717, 1.165) is 61.9 Å². The van der Waals surface area contributed by atoms with Gasteiger partial charge in [0.2, 0.25) is 0 Å². The second-order valence-electron chi connectivity index (χ2n) is 6.40. The van der Waals surface area contributed by atoms with Crippen LogP contribution in [0.15, 0.2) is 71.1 Å². The fraction of sp³-hybridized carbons (Fsp3) is 0.273. The van der Waals surface area contributed by atoms with Gasteiger partial charge in [-0.05, 0) is 12.5 Å². The van der Waals surface area contributed by atoms with Crippen LogP contribution in [-0.2, 0) is 11.2 Å². The second-order valence-corrected chi connectivity index (χ2v) is 6.40. The van der Waals surface area contributed by atoms with Crippen molar-refractivity contribution in [3.05, 3.63) is 72.3 Å². The van der Waals surface area contributed by atoms with E-state index in [0.29, 0.717) is 0 Å². The van der Waals surface area contributed by atoms with E-state index < -0.39 is 0 Å². The molecule has 1 fully saturated rings. The fourth-order valence-electron chi connectivity index (χ4n) is 3.30. The molecule has 0 amide bonds. The number of ether oxygens (including phenoxy) is 1. The summed E-state index contributed by atoms with van der Waals surface area (Å²) in [6.45, 7) is 4.75. The third kappa shape index (κ3) is 3.84. The molecule has 0 spiro atoms. The van der Waals surface area contributed by atoms with Crippen molar-refractivity contribution in [2.24, 2.45) is 0 Å². The molecule has 0 bridgehead atoms. The molecule has 25 heavy (non-hydrogen) atoms. The molecule has 0 aliphatic carbocycles. The van der Waals surface area contributed by atoms with Crippen LogP contribution in [0.4, 0.5) is 0 Å². The summed E-state index contributed by atoms with van der Waals surface area (Å²) in [6, 6.07) is 22.9. The van der Waals surface area contributed by atoms with Crippen LogP contribution < -0.4 is 0 Å². The predicted octanol–water partition coefficient (Wildman–Crippen LogP) is 4.49. The van der Waals surface area contributed by atoms with Gasteiger partial charge in [-0.3, -0.25) is 4.90 Å². The molecular formula is C22H23NO2. The largest absolute Gasteiger partial charge is 0.456 e. The summed E-state index contributed by atoms with van der Waals surface area (Å²) in [4.78, 5) is 2.47. The van der Waals surface area contributed by atoms with E-state index in [2.05, 4.69) is 47.4 Å². The van der Waals surface area contributed by atoms with Gasteiger partial charge in [-0.25, -0.2) is 0 Å². The highest BCUT2D eigenvalue weighted by Crippen LogP contribution is 2.33. The molecule has 1 aromatic heterocycles. The Kier molecular flexibility index (Phi) is 4.96. The molecule has 0 N–H and O–H groups in total. The van der Waals surface area contributed by atoms with Gasteiger partial charge in [-0.2, -0.15) is 0 Å². The number of benzene rings is 2. The van der Waals surface area contributed by atoms with E-state index in [1.807, 2.05) is 24.3 Å². The molecule has 0 atom stereocenters. The summed E-state index contributed by atoms with van der Waals surface area (Å²) >= 11 is 0. The van der Waals surface area contributed by atoms with Gasteiger partial charge in [-0.15, -0.1) is 0 Å².